The Morgan fingerprint density at radius 2 is 1.91 bits per heavy atom. The van der Waals surface area contributed by atoms with E-state index in [1.54, 1.807) is 13.2 Å². The molecule has 2 N–H and O–H groups in total. The van der Waals surface area contributed by atoms with Gasteiger partial charge in [0.1, 0.15) is 0 Å². The van der Waals surface area contributed by atoms with Gasteiger partial charge >= 0.3 is 5.97 Å². The Bertz CT molecular complexity index is 630. The number of aromatic nitrogens is 2. The molecule has 2 aromatic rings. The van der Waals surface area contributed by atoms with Crippen LogP contribution in [0, 0.1) is 0 Å². The molecule has 0 spiro atoms. The third-order valence-electron chi connectivity index (χ3n) is 3.58. The maximum absolute atomic E-state index is 11.1. The molecular weight excluding hydrogens is 280 g/mol. The van der Waals surface area contributed by atoms with E-state index in [0.717, 1.165) is 18.7 Å². The summed E-state index contributed by atoms with van der Waals surface area (Å²) < 4.78 is 1.50. The second-order valence-corrected chi connectivity index (χ2v) is 5.06. The van der Waals surface area contributed by atoms with Gasteiger partial charge in [-0.15, -0.1) is 0 Å². The van der Waals surface area contributed by atoms with Crippen LogP contribution in [0.2, 0.25) is 0 Å². The maximum atomic E-state index is 11.1. The number of nitrogens with one attached hydrogen (secondary N) is 1. The van der Waals surface area contributed by atoms with Crippen LogP contribution in [-0.4, -0.2) is 33.9 Å². The fraction of sp³-hybridized carbons (Fsp3) is 0.375. The van der Waals surface area contributed by atoms with Crippen LogP contribution in [0.15, 0.2) is 30.5 Å². The zero-order valence-electron chi connectivity index (χ0n) is 13.2. The van der Waals surface area contributed by atoms with Crippen LogP contribution in [0.4, 0.5) is 11.4 Å². The molecule has 1 heterocycles. The first-order chi connectivity index (χ1) is 10.5. The summed E-state index contributed by atoms with van der Waals surface area (Å²) in [5.74, 6) is -1.03. The molecule has 0 aliphatic carbocycles. The third-order valence-corrected chi connectivity index (χ3v) is 3.58. The number of nitrogens with zero attached hydrogens (tertiary/aromatic N) is 3. The van der Waals surface area contributed by atoms with Gasteiger partial charge in [-0.2, -0.15) is 5.10 Å². The van der Waals surface area contributed by atoms with E-state index in [-0.39, 0.29) is 5.69 Å². The van der Waals surface area contributed by atoms with E-state index in [1.165, 1.54) is 10.4 Å². The second kappa shape index (κ2) is 6.98. The summed E-state index contributed by atoms with van der Waals surface area (Å²) in [5.41, 5.74) is 2.86. The highest BCUT2D eigenvalue weighted by atomic mass is 16.4. The molecule has 118 valence electrons. The molecule has 0 aliphatic heterocycles. The molecule has 2 rings (SSSR count). The summed E-state index contributed by atoms with van der Waals surface area (Å²) >= 11 is 0. The van der Waals surface area contributed by atoms with E-state index >= 15 is 0 Å². The minimum atomic E-state index is -1.03. The van der Waals surface area contributed by atoms with Gasteiger partial charge in [0.2, 0.25) is 0 Å². The smallest absolute Gasteiger partial charge is 0.358 e. The highest BCUT2D eigenvalue weighted by Gasteiger charge is 2.14. The van der Waals surface area contributed by atoms with E-state index in [9.17, 15) is 4.79 Å². The van der Waals surface area contributed by atoms with Gasteiger partial charge in [0.05, 0.1) is 5.69 Å². The van der Waals surface area contributed by atoms with Crippen molar-refractivity contribution in [1.82, 2.24) is 9.78 Å². The van der Waals surface area contributed by atoms with E-state index in [2.05, 4.69) is 53.4 Å². The molecule has 0 bridgehead atoms. The number of anilines is 2. The molecule has 1 aromatic carbocycles. The summed E-state index contributed by atoms with van der Waals surface area (Å²) in [5, 5.41) is 16.2. The second-order valence-electron chi connectivity index (χ2n) is 5.06. The van der Waals surface area contributed by atoms with Gasteiger partial charge in [-0.25, -0.2) is 4.79 Å². The summed E-state index contributed by atoms with van der Waals surface area (Å²) in [7, 11) is 1.70. The van der Waals surface area contributed by atoms with Crippen molar-refractivity contribution in [3.8, 4) is 0 Å². The van der Waals surface area contributed by atoms with Gasteiger partial charge in [0, 0.05) is 38.6 Å². The first-order valence-electron chi connectivity index (χ1n) is 7.39. The van der Waals surface area contributed by atoms with Crippen LogP contribution in [0.25, 0.3) is 0 Å². The first-order valence-corrected chi connectivity index (χ1v) is 7.39. The van der Waals surface area contributed by atoms with Crippen molar-refractivity contribution in [2.45, 2.75) is 20.4 Å². The number of hydrogen-bond acceptors (Lipinski definition) is 4. The molecule has 0 radical (unpaired) electrons. The number of carboxylic acids is 1. The summed E-state index contributed by atoms with van der Waals surface area (Å²) in [4.78, 5) is 13.4. The van der Waals surface area contributed by atoms with Crippen LogP contribution >= 0.6 is 0 Å². The van der Waals surface area contributed by atoms with Crippen LogP contribution in [0.3, 0.4) is 0 Å². The van der Waals surface area contributed by atoms with E-state index in [0.29, 0.717) is 12.2 Å². The predicted octanol–water partition coefficient (Wildman–Crippen LogP) is 2.58. The summed E-state index contributed by atoms with van der Waals surface area (Å²) in [6.07, 6.45) is 1.67. The number of aromatic carboxylic acids is 1. The van der Waals surface area contributed by atoms with Gasteiger partial charge in [-0.05, 0) is 31.5 Å². The van der Waals surface area contributed by atoms with Crippen molar-refractivity contribution in [3.05, 3.63) is 41.7 Å². The van der Waals surface area contributed by atoms with Crippen LogP contribution in [0.5, 0.6) is 0 Å². The highest BCUT2D eigenvalue weighted by Crippen LogP contribution is 2.17. The Balaban J connectivity index is 2.05. The highest BCUT2D eigenvalue weighted by molar-refractivity contribution is 5.91. The zero-order valence-corrected chi connectivity index (χ0v) is 13.2. The van der Waals surface area contributed by atoms with Crippen molar-refractivity contribution < 1.29 is 9.90 Å². The lowest BCUT2D eigenvalue weighted by molar-refractivity contribution is 0.0690. The van der Waals surface area contributed by atoms with Gasteiger partial charge in [-0.1, -0.05) is 12.1 Å². The zero-order chi connectivity index (χ0) is 16.1. The quantitative estimate of drug-likeness (QED) is 0.822. The van der Waals surface area contributed by atoms with Crippen molar-refractivity contribution >= 4 is 17.3 Å². The lowest BCUT2D eigenvalue weighted by atomic mass is 10.2. The normalized spacial score (nSPS) is 10.5. The number of carboxylic acid groups (broad SMARTS) is 1. The number of rotatable bonds is 7. The fourth-order valence-corrected chi connectivity index (χ4v) is 2.39. The average molecular weight is 302 g/mol. The van der Waals surface area contributed by atoms with Gasteiger partial charge in [0.25, 0.3) is 0 Å². The van der Waals surface area contributed by atoms with Crippen LogP contribution < -0.4 is 10.2 Å². The van der Waals surface area contributed by atoms with Crippen molar-refractivity contribution in [2.75, 3.05) is 23.3 Å². The molecule has 6 heteroatoms. The minimum absolute atomic E-state index is 0.0438. The molecule has 0 unspecified atom stereocenters. The topological polar surface area (TPSA) is 70.4 Å². The molecule has 0 saturated heterocycles. The fourth-order valence-electron chi connectivity index (χ4n) is 2.39. The molecule has 0 saturated carbocycles. The Morgan fingerprint density at radius 3 is 2.45 bits per heavy atom. The number of carbonyl (C=O) groups is 1. The van der Waals surface area contributed by atoms with Gasteiger partial charge < -0.3 is 15.3 Å². The van der Waals surface area contributed by atoms with Crippen molar-refractivity contribution in [3.63, 3.8) is 0 Å². The third kappa shape index (κ3) is 3.58. The first kappa shape index (κ1) is 15.9. The summed E-state index contributed by atoms with van der Waals surface area (Å²) in [6, 6.07) is 8.28. The van der Waals surface area contributed by atoms with Crippen LogP contribution in [-0.2, 0) is 13.6 Å². The lowest BCUT2D eigenvalue weighted by Crippen LogP contribution is -2.21. The Morgan fingerprint density at radius 1 is 1.27 bits per heavy atom. The van der Waals surface area contributed by atoms with Crippen LogP contribution in [0.1, 0.15) is 29.9 Å². The molecule has 0 atom stereocenters. The molecule has 0 aliphatic rings. The SMILES string of the molecule is CCN(CC)c1ccc(CNc2cn(C)nc2C(=O)O)cc1. The molecule has 6 nitrogen and oxygen atoms in total. The number of hydrogen-bond donors (Lipinski definition) is 2. The molecule has 0 amide bonds. The molecular formula is C16H22N4O2. The Kier molecular flexibility index (Phi) is 5.04. The Hall–Kier alpha value is -2.50. The van der Waals surface area contributed by atoms with Crippen molar-refractivity contribution in [2.24, 2.45) is 7.05 Å². The largest absolute Gasteiger partial charge is 0.476 e. The molecule has 22 heavy (non-hydrogen) atoms. The van der Waals surface area contributed by atoms with E-state index in [1.807, 2.05) is 0 Å². The number of aryl methyl sites for hydroxylation is 1. The average Bonchev–Trinajstić information content (AvgIpc) is 2.89. The standard InChI is InChI=1S/C16H22N4O2/c1-4-20(5-2)13-8-6-12(7-9-13)10-17-14-11-19(3)18-15(14)16(21)22/h6-9,11,17H,4-5,10H2,1-3H3,(H,21,22). The monoisotopic (exact) mass is 302 g/mol. The molecule has 1 aromatic heterocycles. The van der Waals surface area contributed by atoms with E-state index < -0.39 is 5.97 Å². The number of benzene rings is 1. The van der Waals surface area contributed by atoms with Crippen molar-refractivity contribution in [1.29, 1.82) is 0 Å². The minimum Gasteiger partial charge on any atom is -0.476 e. The van der Waals surface area contributed by atoms with E-state index in [4.69, 9.17) is 5.11 Å². The van der Waals surface area contributed by atoms with Gasteiger partial charge in [-0.3, -0.25) is 4.68 Å². The van der Waals surface area contributed by atoms with Gasteiger partial charge in [0.15, 0.2) is 5.69 Å². The molecule has 0 fully saturated rings. The summed E-state index contributed by atoms with van der Waals surface area (Å²) in [6.45, 7) is 6.78. The maximum Gasteiger partial charge on any atom is 0.358 e. The Labute approximate surface area is 130 Å². The predicted molar refractivity (Wildman–Crippen MR) is 87.5 cm³/mol. The lowest BCUT2D eigenvalue weighted by Gasteiger charge is -2.21.